The highest BCUT2D eigenvalue weighted by atomic mass is 32.2. The van der Waals surface area contributed by atoms with Crippen LogP contribution in [0.5, 0.6) is 0 Å². The minimum Gasteiger partial charge on any atom is -0.325 e. The number of aromatic nitrogens is 5. The summed E-state index contributed by atoms with van der Waals surface area (Å²) in [7, 11) is 0. The first-order chi connectivity index (χ1) is 18.2. The van der Waals surface area contributed by atoms with Crippen molar-refractivity contribution >= 4 is 60.8 Å². The van der Waals surface area contributed by atoms with Gasteiger partial charge in [0.15, 0.2) is 10.8 Å². The van der Waals surface area contributed by atoms with E-state index in [4.69, 9.17) is 9.97 Å². The Balaban J connectivity index is 1.24. The van der Waals surface area contributed by atoms with E-state index in [9.17, 15) is 4.79 Å². The molecule has 0 unspecified atom stereocenters. The van der Waals surface area contributed by atoms with E-state index in [-0.39, 0.29) is 11.7 Å². The molecule has 1 amide bonds. The molecule has 0 atom stereocenters. The summed E-state index contributed by atoms with van der Waals surface area (Å²) in [5.74, 6) is 0.143. The molecule has 7 rings (SSSR count). The Bertz CT molecular complexity index is 1810. The smallest absolute Gasteiger partial charge is 0.234 e. The fourth-order valence-electron chi connectivity index (χ4n) is 5.03. The van der Waals surface area contributed by atoms with Crippen LogP contribution in [-0.4, -0.2) is 36.2 Å². The molecule has 0 saturated heterocycles. The van der Waals surface area contributed by atoms with Gasteiger partial charge in [-0.25, -0.2) is 9.97 Å². The molecule has 1 aliphatic rings. The van der Waals surface area contributed by atoms with Crippen molar-refractivity contribution < 1.29 is 4.79 Å². The van der Waals surface area contributed by atoms with Crippen molar-refractivity contribution in [1.29, 1.82) is 0 Å². The van der Waals surface area contributed by atoms with Gasteiger partial charge in [-0.15, -0.1) is 21.5 Å². The number of hydrogen-bond donors (Lipinski definition) is 1. The number of rotatable bonds is 5. The number of nitrogens with one attached hydrogen (secondary N) is 1. The van der Waals surface area contributed by atoms with Gasteiger partial charge in [0.05, 0.1) is 17.0 Å². The van der Waals surface area contributed by atoms with Crippen LogP contribution >= 0.6 is 23.1 Å². The minimum absolute atomic E-state index is 0.0882. The molecule has 2 aromatic carbocycles. The second kappa shape index (κ2) is 8.93. The number of pyridine rings is 1. The molecule has 4 aromatic heterocycles. The predicted octanol–water partition coefficient (Wildman–Crippen LogP) is 6.08. The summed E-state index contributed by atoms with van der Waals surface area (Å²) in [6.07, 6.45) is 4.98. The number of anilines is 1. The van der Waals surface area contributed by atoms with Crippen molar-refractivity contribution in [2.24, 2.45) is 0 Å². The maximum absolute atomic E-state index is 12.5. The van der Waals surface area contributed by atoms with Crippen LogP contribution in [0.25, 0.3) is 37.3 Å². The molecule has 1 aliphatic carbocycles. The largest absolute Gasteiger partial charge is 0.325 e. The number of thiophene rings is 1. The SMILES string of the molecule is Cc1ccc(NC(=O)CSc2nnc3c4sc5nc(-c6ccccc6)c6c(c5c4ncn23)CCC6)cc1. The van der Waals surface area contributed by atoms with E-state index in [0.29, 0.717) is 5.16 Å². The molecule has 0 bridgehead atoms. The van der Waals surface area contributed by atoms with Crippen molar-refractivity contribution in [2.75, 3.05) is 11.1 Å². The van der Waals surface area contributed by atoms with Crippen LogP contribution in [0, 0.1) is 6.92 Å². The Hall–Kier alpha value is -3.82. The first-order valence-electron chi connectivity index (χ1n) is 12.2. The zero-order valence-corrected chi connectivity index (χ0v) is 21.7. The normalized spacial score (nSPS) is 13.0. The van der Waals surface area contributed by atoms with Gasteiger partial charge in [-0.2, -0.15) is 0 Å². The molecule has 7 nitrogen and oxygen atoms in total. The zero-order valence-electron chi connectivity index (χ0n) is 20.1. The Kier molecular flexibility index (Phi) is 5.40. The van der Waals surface area contributed by atoms with Crippen molar-refractivity contribution in [3.63, 3.8) is 0 Å². The molecule has 1 N–H and O–H groups in total. The molecule has 182 valence electrons. The molecular weight excluding hydrogens is 500 g/mol. The third kappa shape index (κ3) is 3.86. The lowest BCUT2D eigenvalue weighted by atomic mass is 10.0. The maximum atomic E-state index is 12.5. The second-order valence-electron chi connectivity index (χ2n) is 9.22. The van der Waals surface area contributed by atoms with E-state index < -0.39 is 0 Å². The third-order valence-corrected chi connectivity index (χ3v) is 8.78. The summed E-state index contributed by atoms with van der Waals surface area (Å²) < 4.78 is 2.85. The molecule has 0 aliphatic heterocycles. The Morgan fingerprint density at radius 2 is 1.86 bits per heavy atom. The molecule has 37 heavy (non-hydrogen) atoms. The Labute approximate surface area is 221 Å². The van der Waals surface area contributed by atoms with E-state index in [1.54, 1.807) is 17.7 Å². The van der Waals surface area contributed by atoms with Gasteiger partial charge in [-0.05, 0) is 49.4 Å². The number of thioether (sulfide) groups is 1. The summed E-state index contributed by atoms with van der Waals surface area (Å²) in [5.41, 5.74) is 8.58. The highest BCUT2D eigenvalue weighted by Crippen LogP contribution is 2.42. The average molecular weight is 523 g/mol. The number of aryl methyl sites for hydroxylation is 2. The standard InChI is InChI=1S/C28H22N6OS2/c1-16-10-12-18(13-11-16)30-21(35)14-36-28-33-32-26-25-24(29-15-34(26)28)22-19-8-5-9-20(19)23(31-27(22)37-25)17-6-3-2-4-7-17/h2-4,6-7,10-13,15H,5,8-9,14H2,1H3,(H,30,35). The van der Waals surface area contributed by atoms with Crippen molar-refractivity contribution in [1.82, 2.24) is 24.6 Å². The van der Waals surface area contributed by atoms with E-state index >= 15 is 0 Å². The van der Waals surface area contributed by atoms with Crippen LogP contribution < -0.4 is 5.32 Å². The molecule has 4 heterocycles. The Morgan fingerprint density at radius 3 is 2.70 bits per heavy atom. The number of carbonyl (C=O) groups excluding carboxylic acids is 1. The first kappa shape index (κ1) is 22.4. The van der Waals surface area contributed by atoms with Crippen LogP contribution in [0.3, 0.4) is 0 Å². The van der Waals surface area contributed by atoms with Crippen LogP contribution in [-0.2, 0) is 17.6 Å². The van der Waals surface area contributed by atoms with Crippen LogP contribution in [0.1, 0.15) is 23.1 Å². The average Bonchev–Trinajstić information content (AvgIpc) is 3.65. The molecular formula is C28H22N6OS2. The molecule has 0 radical (unpaired) electrons. The maximum Gasteiger partial charge on any atom is 0.234 e. The van der Waals surface area contributed by atoms with Crippen LogP contribution in [0.2, 0.25) is 0 Å². The lowest BCUT2D eigenvalue weighted by molar-refractivity contribution is -0.113. The van der Waals surface area contributed by atoms with Gasteiger partial charge in [0.1, 0.15) is 15.9 Å². The monoisotopic (exact) mass is 522 g/mol. The molecule has 0 saturated carbocycles. The molecule has 6 aromatic rings. The van der Waals surface area contributed by atoms with Gasteiger partial charge in [0, 0.05) is 16.6 Å². The van der Waals surface area contributed by atoms with Gasteiger partial charge in [-0.3, -0.25) is 9.20 Å². The summed E-state index contributed by atoms with van der Waals surface area (Å²) >= 11 is 2.97. The number of nitrogens with zero attached hydrogens (tertiary/aromatic N) is 5. The molecule has 0 fully saturated rings. The van der Waals surface area contributed by atoms with E-state index in [2.05, 4.69) is 39.8 Å². The van der Waals surface area contributed by atoms with E-state index in [1.165, 1.54) is 22.9 Å². The fourth-order valence-corrected chi connectivity index (χ4v) is 6.87. The number of fused-ring (bicyclic) bond motifs is 7. The topological polar surface area (TPSA) is 85.1 Å². The van der Waals surface area contributed by atoms with Gasteiger partial charge in [-0.1, -0.05) is 59.8 Å². The second-order valence-corrected chi connectivity index (χ2v) is 11.2. The minimum atomic E-state index is -0.0882. The summed E-state index contributed by atoms with van der Waals surface area (Å²) in [5, 5.41) is 13.6. The quantitative estimate of drug-likeness (QED) is 0.276. The predicted molar refractivity (Wildman–Crippen MR) is 149 cm³/mol. The summed E-state index contributed by atoms with van der Waals surface area (Å²) in [6, 6.07) is 18.2. The van der Waals surface area contributed by atoms with Gasteiger partial charge in [0.2, 0.25) is 5.91 Å². The van der Waals surface area contributed by atoms with Gasteiger partial charge >= 0.3 is 0 Å². The van der Waals surface area contributed by atoms with Crippen molar-refractivity contribution in [3.05, 3.63) is 77.6 Å². The number of hydrogen-bond acceptors (Lipinski definition) is 7. The third-order valence-electron chi connectivity index (χ3n) is 6.77. The fraction of sp³-hybridized carbons (Fsp3) is 0.179. The van der Waals surface area contributed by atoms with Gasteiger partial charge in [0.25, 0.3) is 0 Å². The van der Waals surface area contributed by atoms with Crippen molar-refractivity contribution in [2.45, 2.75) is 31.3 Å². The first-order valence-corrected chi connectivity index (χ1v) is 14.0. The van der Waals surface area contributed by atoms with E-state index in [1.807, 2.05) is 41.7 Å². The number of benzene rings is 2. The van der Waals surface area contributed by atoms with Crippen LogP contribution in [0.15, 0.2) is 66.1 Å². The highest BCUT2D eigenvalue weighted by molar-refractivity contribution is 7.99. The van der Waals surface area contributed by atoms with E-state index in [0.717, 1.165) is 67.9 Å². The Morgan fingerprint density at radius 1 is 1.05 bits per heavy atom. The van der Waals surface area contributed by atoms with Crippen molar-refractivity contribution in [3.8, 4) is 11.3 Å². The zero-order chi connectivity index (χ0) is 24.9. The lowest BCUT2D eigenvalue weighted by Crippen LogP contribution is -2.14. The molecule has 9 heteroatoms. The lowest BCUT2D eigenvalue weighted by Gasteiger charge is -2.09. The number of carbonyl (C=O) groups is 1. The number of amides is 1. The highest BCUT2D eigenvalue weighted by Gasteiger charge is 2.25. The summed E-state index contributed by atoms with van der Waals surface area (Å²) in [6.45, 7) is 2.02. The molecule has 0 spiro atoms. The van der Waals surface area contributed by atoms with Crippen LogP contribution in [0.4, 0.5) is 5.69 Å². The summed E-state index contributed by atoms with van der Waals surface area (Å²) in [4.78, 5) is 23.5. The van der Waals surface area contributed by atoms with Gasteiger partial charge < -0.3 is 5.32 Å².